The number of benzene rings is 1. The molecule has 0 radical (unpaired) electrons. The average Bonchev–Trinajstić information content (AvgIpc) is 2.32. The molecular formula is C14H17I3N2O2. The zero-order valence-electron chi connectivity index (χ0n) is 11.6. The third-order valence-electron chi connectivity index (χ3n) is 3.39. The predicted octanol–water partition coefficient (Wildman–Crippen LogP) is 3.29. The third kappa shape index (κ3) is 4.88. The van der Waals surface area contributed by atoms with Crippen molar-refractivity contribution in [3.63, 3.8) is 0 Å². The minimum atomic E-state index is -0.583. The molecule has 2 rings (SSSR count). The highest BCUT2D eigenvalue weighted by Gasteiger charge is 2.40. The molecular weight excluding hydrogens is 609 g/mol. The average molecular weight is 626 g/mol. The lowest BCUT2D eigenvalue weighted by atomic mass is 9.89. The number of carbonyl (C=O) groups is 1. The number of hydrogen-bond donors (Lipinski definition) is 2. The molecule has 4 nitrogen and oxygen atoms in total. The zero-order chi connectivity index (χ0) is 15.6. The normalized spacial score (nSPS) is 17.4. The van der Waals surface area contributed by atoms with Crippen molar-refractivity contribution in [2.24, 2.45) is 0 Å². The summed E-state index contributed by atoms with van der Waals surface area (Å²) in [5.74, 6) is -0.0226. The van der Waals surface area contributed by atoms with Gasteiger partial charge < -0.3 is 10.4 Å². The number of amides is 1. The van der Waals surface area contributed by atoms with Crippen LogP contribution in [0.25, 0.3) is 0 Å². The van der Waals surface area contributed by atoms with Gasteiger partial charge in [-0.1, -0.05) is 13.3 Å². The fourth-order valence-electron chi connectivity index (χ4n) is 2.57. The fraction of sp³-hybridized carbons (Fsp3) is 0.500. The minimum Gasteiger partial charge on any atom is -0.387 e. The molecule has 1 amide bonds. The summed E-state index contributed by atoms with van der Waals surface area (Å²) in [7, 11) is 0. The number of nitrogens with zero attached hydrogens (tertiary/aromatic N) is 1. The second kappa shape index (κ2) is 7.58. The molecule has 0 spiro atoms. The van der Waals surface area contributed by atoms with Gasteiger partial charge in [0.1, 0.15) is 0 Å². The quantitative estimate of drug-likeness (QED) is 0.494. The van der Waals surface area contributed by atoms with E-state index in [0.29, 0.717) is 19.6 Å². The van der Waals surface area contributed by atoms with E-state index in [1.54, 1.807) is 0 Å². The van der Waals surface area contributed by atoms with E-state index < -0.39 is 5.60 Å². The third-order valence-corrected chi connectivity index (χ3v) is 5.71. The van der Waals surface area contributed by atoms with Crippen molar-refractivity contribution in [2.45, 2.75) is 25.4 Å². The highest BCUT2D eigenvalue weighted by atomic mass is 127. The number of likely N-dealkylation sites (tertiary alicyclic amines) is 1. The van der Waals surface area contributed by atoms with Gasteiger partial charge in [0.25, 0.3) is 0 Å². The van der Waals surface area contributed by atoms with Crippen LogP contribution in [0.4, 0.5) is 5.69 Å². The van der Waals surface area contributed by atoms with Gasteiger partial charge in [0.05, 0.1) is 17.8 Å². The molecule has 0 saturated carbocycles. The molecule has 1 aromatic rings. The number of nitrogens with one attached hydrogen (secondary N) is 1. The van der Waals surface area contributed by atoms with Crippen LogP contribution >= 0.6 is 67.8 Å². The first-order valence-corrected chi connectivity index (χ1v) is 9.96. The van der Waals surface area contributed by atoms with Gasteiger partial charge in [0.2, 0.25) is 5.91 Å². The van der Waals surface area contributed by atoms with Crippen molar-refractivity contribution in [1.82, 2.24) is 4.90 Å². The molecule has 0 atom stereocenters. The Morgan fingerprint density at radius 1 is 1.33 bits per heavy atom. The van der Waals surface area contributed by atoms with Crippen LogP contribution in [-0.4, -0.2) is 41.1 Å². The Hall–Kier alpha value is 0.800. The van der Waals surface area contributed by atoms with Crippen LogP contribution in [0, 0.1) is 10.7 Å². The maximum absolute atomic E-state index is 12.1. The predicted molar refractivity (Wildman–Crippen MR) is 110 cm³/mol. The Bertz CT molecular complexity index is 522. The molecule has 0 aliphatic carbocycles. The molecule has 1 aliphatic rings. The summed E-state index contributed by atoms with van der Waals surface area (Å²) >= 11 is 6.75. The molecule has 1 saturated heterocycles. The molecule has 1 heterocycles. The number of carbonyl (C=O) groups excluding carboxylic acids is 1. The second-order valence-corrected chi connectivity index (χ2v) is 8.98. The van der Waals surface area contributed by atoms with Gasteiger partial charge in [-0.05, 0) is 86.3 Å². The Morgan fingerprint density at radius 3 is 2.43 bits per heavy atom. The van der Waals surface area contributed by atoms with Crippen LogP contribution in [0.1, 0.15) is 19.8 Å². The standard InChI is InChI=1S/C14H17I3N2O2/c1-2-3-14(21)7-19(8-14)6-12(20)18-13-10(16)4-9(15)5-11(13)17/h4-5,21H,2-3,6-8H2,1H3,(H,18,20). The summed E-state index contributed by atoms with van der Waals surface area (Å²) in [6.07, 6.45) is 1.77. The van der Waals surface area contributed by atoms with E-state index in [2.05, 4.69) is 80.0 Å². The monoisotopic (exact) mass is 626 g/mol. The molecule has 7 heteroatoms. The Morgan fingerprint density at radius 2 is 1.90 bits per heavy atom. The van der Waals surface area contributed by atoms with Crippen LogP contribution in [0.3, 0.4) is 0 Å². The lowest BCUT2D eigenvalue weighted by molar-refractivity contribution is -0.129. The van der Waals surface area contributed by atoms with Gasteiger partial charge in [-0.3, -0.25) is 9.69 Å². The van der Waals surface area contributed by atoms with Crippen LogP contribution in [0.15, 0.2) is 12.1 Å². The molecule has 2 N–H and O–H groups in total. The summed E-state index contributed by atoms with van der Waals surface area (Å²) in [4.78, 5) is 14.1. The van der Waals surface area contributed by atoms with E-state index in [0.717, 1.165) is 29.2 Å². The van der Waals surface area contributed by atoms with Gasteiger partial charge in [-0.25, -0.2) is 0 Å². The zero-order valence-corrected chi connectivity index (χ0v) is 18.1. The number of anilines is 1. The molecule has 1 aliphatic heterocycles. The molecule has 116 valence electrons. The van der Waals surface area contributed by atoms with Gasteiger partial charge in [0, 0.05) is 23.8 Å². The van der Waals surface area contributed by atoms with E-state index in [1.807, 2.05) is 17.0 Å². The topological polar surface area (TPSA) is 52.6 Å². The van der Waals surface area contributed by atoms with Gasteiger partial charge in [0.15, 0.2) is 0 Å². The number of aliphatic hydroxyl groups is 1. The summed E-state index contributed by atoms with van der Waals surface area (Å²) in [5.41, 5.74) is 0.298. The lowest BCUT2D eigenvalue weighted by Gasteiger charge is -2.46. The Labute approximate surface area is 165 Å². The molecule has 1 fully saturated rings. The summed E-state index contributed by atoms with van der Waals surface area (Å²) in [6.45, 7) is 3.59. The summed E-state index contributed by atoms with van der Waals surface area (Å²) in [6, 6.07) is 4.09. The largest absolute Gasteiger partial charge is 0.387 e. The lowest BCUT2D eigenvalue weighted by Crippen LogP contribution is -2.62. The SMILES string of the molecule is CCCC1(O)CN(CC(=O)Nc2c(I)cc(I)cc2I)C1. The van der Waals surface area contributed by atoms with Crippen molar-refractivity contribution in [1.29, 1.82) is 0 Å². The van der Waals surface area contributed by atoms with Gasteiger partial charge in [-0.2, -0.15) is 0 Å². The van der Waals surface area contributed by atoms with Crippen LogP contribution in [0.2, 0.25) is 0 Å². The molecule has 0 aromatic heterocycles. The molecule has 0 bridgehead atoms. The van der Waals surface area contributed by atoms with E-state index in [1.165, 1.54) is 0 Å². The van der Waals surface area contributed by atoms with Crippen molar-refractivity contribution in [3.05, 3.63) is 22.8 Å². The first-order valence-electron chi connectivity index (χ1n) is 6.72. The molecule has 0 unspecified atom stereocenters. The van der Waals surface area contributed by atoms with Gasteiger partial charge >= 0.3 is 0 Å². The van der Waals surface area contributed by atoms with Crippen molar-refractivity contribution < 1.29 is 9.90 Å². The minimum absolute atomic E-state index is 0.0226. The van der Waals surface area contributed by atoms with Crippen LogP contribution in [-0.2, 0) is 4.79 Å². The number of rotatable bonds is 5. The number of hydrogen-bond acceptors (Lipinski definition) is 3. The maximum Gasteiger partial charge on any atom is 0.238 e. The van der Waals surface area contributed by atoms with Crippen LogP contribution in [0.5, 0.6) is 0 Å². The number of halogens is 3. The highest BCUT2D eigenvalue weighted by Crippen LogP contribution is 2.28. The van der Waals surface area contributed by atoms with Crippen molar-refractivity contribution in [2.75, 3.05) is 25.0 Å². The summed E-state index contributed by atoms with van der Waals surface area (Å²) in [5, 5.41) is 13.1. The maximum atomic E-state index is 12.1. The van der Waals surface area contributed by atoms with E-state index in [9.17, 15) is 9.90 Å². The van der Waals surface area contributed by atoms with Gasteiger partial charge in [-0.15, -0.1) is 0 Å². The first kappa shape index (κ1) is 18.1. The molecule has 1 aromatic carbocycles. The number of β-amino-alcohol motifs (C(OH)–C–C–N with tert-alkyl or cyclic N) is 1. The van der Waals surface area contributed by atoms with Crippen molar-refractivity contribution in [3.8, 4) is 0 Å². The van der Waals surface area contributed by atoms with E-state index in [-0.39, 0.29) is 5.91 Å². The van der Waals surface area contributed by atoms with Crippen LogP contribution < -0.4 is 5.32 Å². The second-order valence-electron chi connectivity index (χ2n) is 5.41. The smallest absolute Gasteiger partial charge is 0.238 e. The fourth-order valence-corrected chi connectivity index (χ4v) is 6.42. The van der Waals surface area contributed by atoms with E-state index >= 15 is 0 Å². The Balaban J connectivity index is 1.89. The first-order chi connectivity index (χ1) is 9.83. The van der Waals surface area contributed by atoms with Crippen molar-refractivity contribution >= 4 is 79.4 Å². The van der Waals surface area contributed by atoms with E-state index in [4.69, 9.17) is 0 Å². The summed E-state index contributed by atoms with van der Waals surface area (Å²) < 4.78 is 3.25. The Kier molecular flexibility index (Phi) is 6.55. The molecule has 21 heavy (non-hydrogen) atoms. The highest BCUT2D eigenvalue weighted by molar-refractivity contribution is 14.1.